The molecule has 9 heteroatoms. The summed E-state index contributed by atoms with van der Waals surface area (Å²) in [7, 11) is 0. The summed E-state index contributed by atoms with van der Waals surface area (Å²) in [5.41, 5.74) is 3.43. The highest BCUT2D eigenvalue weighted by molar-refractivity contribution is 9.10. The number of phenolic OH excluding ortho intramolecular Hbond substituents is 1. The number of rotatable bonds is 4. The zero-order chi connectivity index (χ0) is 18.8. The fraction of sp³-hybridized carbons (Fsp3) is 0.176. The van der Waals surface area contributed by atoms with Gasteiger partial charge < -0.3 is 5.11 Å². The fourth-order valence-electron chi connectivity index (χ4n) is 2.38. The van der Waals surface area contributed by atoms with Crippen molar-refractivity contribution in [1.82, 2.24) is 15.0 Å². The van der Waals surface area contributed by atoms with Crippen LogP contribution in [0, 0.1) is 13.8 Å². The van der Waals surface area contributed by atoms with Crippen molar-refractivity contribution >= 4 is 49.6 Å². The SMILES string of the molecule is Cc1sc2ncn(CC(=O)N/N=C\c3cc(Br)ccc3O)c(=O)c2c1C. The van der Waals surface area contributed by atoms with Crippen molar-refractivity contribution in [3.05, 3.63) is 55.4 Å². The maximum Gasteiger partial charge on any atom is 0.262 e. The van der Waals surface area contributed by atoms with Crippen LogP contribution in [-0.4, -0.2) is 26.8 Å². The third-order valence-electron chi connectivity index (χ3n) is 3.85. The van der Waals surface area contributed by atoms with Crippen molar-refractivity contribution in [2.45, 2.75) is 20.4 Å². The smallest absolute Gasteiger partial charge is 0.262 e. The van der Waals surface area contributed by atoms with E-state index in [2.05, 4.69) is 31.4 Å². The number of carbonyl (C=O) groups is 1. The van der Waals surface area contributed by atoms with E-state index in [9.17, 15) is 14.7 Å². The molecule has 134 valence electrons. The Morgan fingerprint density at radius 3 is 3.00 bits per heavy atom. The monoisotopic (exact) mass is 434 g/mol. The predicted molar refractivity (Wildman–Crippen MR) is 105 cm³/mol. The lowest BCUT2D eigenvalue weighted by molar-refractivity contribution is -0.121. The molecule has 0 aliphatic rings. The molecule has 0 radical (unpaired) electrons. The summed E-state index contributed by atoms with van der Waals surface area (Å²) in [6.07, 6.45) is 2.69. The number of fused-ring (bicyclic) bond motifs is 1. The summed E-state index contributed by atoms with van der Waals surface area (Å²) in [5, 5.41) is 14.1. The number of hydrogen-bond acceptors (Lipinski definition) is 6. The molecule has 0 saturated heterocycles. The molecule has 3 rings (SSSR count). The van der Waals surface area contributed by atoms with Gasteiger partial charge in [0, 0.05) is 14.9 Å². The molecule has 1 aromatic carbocycles. The number of halogens is 1. The molecule has 0 fully saturated rings. The lowest BCUT2D eigenvalue weighted by Crippen LogP contribution is -2.30. The molecule has 2 heterocycles. The lowest BCUT2D eigenvalue weighted by Gasteiger charge is -2.04. The van der Waals surface area contributed by atoms with Gasteiger partial charge in [-0.2, -0.15) is 5.10 Å². The van der Waals surface area contributed by atoms with Gasteiger partial charge in [0.05, 0.1) is 17.9 Å². The number of phenols is 1. The molecular weight excluding hydrogens is 420 g/mol. The molecule has 0 atom stereocenters. The highest BCUT2D eigenvalue weighted by Crippen LogP contribution is 2.25. The fourth-order valence-corrected chi connectivity index (χ4v) is 3.74. The van der Waals surface area contributed by atoms with Crippen LogP contribution in [-0.2, 0) is 11.3 Å². The number of aryl methyl sites for hydroxylation is 2. The molecule has 0 unspecified atom stereocenters. The summed E-state index contributed by atoms with van der Waals surface area (Å²) < 4.78 is 2.03. The highest BCUT2D eigenvalue weighted by Gasteiger charge is 2.13. The van der Waals surface area contributed by atoms with Gasteiger partial charge >= 0.3 is 0 Å². The van der Waals surface area contributed by atoms with Crippen LogP contribution in [0.25, 0.3) is 10.2 Å². The van der Waals surface area contributed by atoms with Crippen molar-refractivity contribution in [2.24, 2.45) is 5.10 Å². The van der Waals surface area contributed by atoms with Crippen LogP contribution in [0.5, 0.6) is 5.75 Å². The Bertz CT molecular complexity index is 1090. The first-order chi connectivity index (χ1) is 12.4. The van der Waals surface area contributed by atoms with E-state index in [1.165, 1.54) is 34.5 Å². The molecule has 7 nitrogen and oxygen atoms in total. The summed E-state index contributed by atoms with van der Waals surface area (Å²) >= 11 is 4.75. The number of hydrogen-bond donors (Lipinski definition) is 2. The van der Waals surface area contributed by atoms with E-state index < -0.39 is 5.91 Å². The Balaban J connectivity index is 1.74. The largest absolute Gasteiger partial charge is 0.507 e. The maximum atomic E-state index is 12.5. The Kier molecular flexibility index (Phi) is 5.19. The van der Waals surface area contributed by atoms with Gasteiger partial charge in [0.25, 0.3) is 11.5 Å². The minimum Gasteiger partial charge on any atom is -0.507 e. The topological polar surface area (TPSA) is 96.6 Å². The van der Waals surface area contributed by atoms with E-state index in [-0.39, 0.29) is 17.9 Å². The van der Waals surface area contributed by atoms with Gasteiger partial charge in [-0.05, 0) is 37.6 Å². The van der Waals surface area contributed by atoms with Crippen LogP contribution in [0.4, 0.5) is 0 Å². The second-order valence-electron chi connectivity index (χ2n) is 5.64. The molecule has 0 aliphatic carbocycles. The lowest BCUT2D eigenvalue weighted by atomic mass is 10.2. The molecular formula is C17H15BrN4O3S. The predicted octanol–water partition coefficient (Wildman–Crippen LogP) is 2.69. The Morgan fingerprint density at radius 1 is 1.46 bits per heavy atom. The first-order valence-electron chi connectivity index (χ1n) is 7.62. The van der Waals surface area contributed by atoms with Crippen LogP contribution < -0.4 is 11.0 Å². The second kappa shape index (κ2) is 7.38. The summed E-state index contributed by atoms with van der Waals surface area (Å²) in [4.78, 5) is 30.6. The number of aromatic hydroxyl groups is 1. The van der Waals surface area contributed by atoms with Crippen molar-refractivity contribution < 1.29 is 9.90 Å². The average Bonchev–Trinajstić information content (AvgIpc) is 2.88. The van der Waals surface area contributed by atoms with Gasteiger partial charge in [0.2, 0.25) is 0 Å². The molecule has 26 heavy (non-hydrogen) atoms. The third-order valence-corrected chi connectivity index (χ3v) is 5.46. The quantitative estimate of drug-likeness (QED) is 0.487. The molecule has 0 aliphatic heterocycles. The molecule has 2 N–H and O–H groups in total. The van der Waals surface area contributed by atoms with E-state index in [1.807, 2.05) is 13.8 Å². The molecule has 0 bridgehead atoms. The van der Waals surface area contributed by atoms with E-state index >= 15 is 0 Å². The molecule has 2 aromatic heterocycles. The number of amides is 1. The highest BCUT2D eigenvalue weighted by atomic mass is 79.9. The number of thiophene rings is 1. The number of nitrogens with one attached hydrogen (secondary N) is 1. The van der Waals surface area contributed by atoms with Gasteiger partial charge in [-0.1, -0.05) is 15.9 Å². The summed E-state index contributed by atoms with van der Waals surface area (Å²) in [6.45, 7) is 3.61. The maximum absolute atomic E-state index is 12.5. The number of nitrogens with zero attached hydrogens (tertiary/aromatic N) is 3. The van der Waals surface area contributed by atoms with E-state index in [1.54, 1.807) is 12.1 Å². The van der Waals surface area contributed by atoms with Gasteiger partial charge in [-0.25, -0.2) is 10.4 Å². The second-order valence-corrected chi connectivity index (χ2v) is 7.76. The number of carbonyl (C=O) groups excluding carboxylic acids is 1. The van der Waals surface area contributed by atoms with Crippen molar-refractivity contribution in [2.75, 3.05) is 0 Å². The van der Waals surface area contributed by atoms with E-state index in [0.29, 0.717) is 15.8 Å². The van der Waals surface area contributed by atoms with Gasteiger partial charge in [-0.3, -0.25) is 14.2 Å². The van der Waals surface area contributed by atoms with Crippen LogP contribution in [0.15, 0.2) is 38.9 Å². The zero-order valence-electron chi connectivity index (χ0n) is 14.0. The van der Waals surface area contributed by atoms with Crippen molar-refractivity contribution in [3.8, 4) is 5.75 Å². The summed E-state index contributed by atoms with van der Waals surface area (Å²) in [6, 6.07) is 4.86. The Hall–Kier alpha value is -2.52. The molecule has 3 aromatic rings. The minimum atomic E-state index is -0.469. The van der Waals surface area contributed by atoms with Crippen LogP contribution in [0.2, 0.25) is 0 Å². The molecule has 0 spiro atoms. The molecule has 0 saturated carbocycles. The van der Waals surface area contributed by atoms with Crippen molar-refractivity contribution in [3.63, 3.8) is 0 Å². The Morgan fingerprint density at radius 2 is 2.23 bits per heavy atom. The standard InChI is InChI=1S/C17H15BrN4O3S/c1-9-10(2)26-16-15(9)17(25)22(8-19-16)7-14(24)21-20-6-11-5-12(18)3-4-13(11)23/h3-6,8,23H,7H2,1-2H3,(H,21,24)/b20-6-. The number of aromatic nitrogens is 2. The first kappa shape index (κ1) is 18.3. The van der Waals surface area contributed by atoms with Crippen LogP contribution >= 0.6 is 27.3 Å². The Labute approximate surface area is 161 Å². The van der Waals surface area contributed by atoms with E-state index in [4.69, 9.17) is 0 Å². The third kappa shape index (κ3) is 3.68. The van der Waals surface area contributed by atoms with Crippen LogP contribution in [0.3, 0.4) is 0 Å². The van der Waals surface area contributed by atoms with E-state index in [0.717, 1.165) is 14.9 Å². The zero-order valence-corrected chi connectivity index (χ0v) is 16.4. The summed E-state index contributed by atoms with van der Waals surface area (Å²) in [5.74, 6) is -0.427. The minimum absolute atomic E-state index is 0.0420. The van der Waals surface area contributed by atoms with Gasteiger partial charge in [0.1, 0.15) is 17.1 Å². The van der Waals surface area contributed by atoms with Gasteiger partial charge in [-0.15, -0.1) is 11.3 Å². The van der Waals surface area contributed by atoms with Crippen molar-refractivity contribution in [1.29, 1.82) is 0 Å². The molecule has 1 amide bonds. The number of benzene rings is 1. The van der Waals surface area contributed by atoms with Crippen LogP contribution in [0.1, 0.15) is 16.0 Å². The number of hydrazone groups is 1. The first-order valence-corrected chi connectivity index (χ1v) is 9.23. The normalized spacial score (nSPS) is 11.3. The average molecular weight is 435 g/mol. The van der Waals surface area contributed by atoms with Gasteiger partial charge in [0.15, 0.2) is 0 Å².